The molecule has 2 amide bonds. The Morgan fingerprint density at radius 2 is 1.69 bits per heavy atom. The Bertz CT molecular complexity index is 1190. The first kappa shape index (κ1) is 27.4. The molecule has 0 aliphatic carbocycles. The van der Waals surface area contributed by atoms with E-state index < -0.39 is 23.3 Å². The summed E-state index contributed by atoms with van der Waals surface area (Å²) in [6, 6.07) is 20.3. The quantitative estimate of drug-likeness (QED) is 0.362. The summed E-state index contributed by atoms with van der Waals surface area (Å²) in [6.45, 7) is 7.22. The molecule has 0 aliphatic heterocycles. The minimum Gasteiger partial charge on any atom is -0.484 e. The summed E-state index contributed by atoms with van der Waals surface area (Å²) in [5.74, 6) is -0.623. The second kappa shape index (κ2) is 12.2. The first-order valence-electron chi connectivity index (χ1n) is 11.8. The van der Waals surface area contributed by atoms with Crippen LogP contribution in [0.5, 0.6) is 5.75 Å². The summed E-state index contributed by atoms with van der Waals surface area (Å²) in [4.78, 5) is 28.5. The predicted molar refractivity (Wildman–Crippen MR) is 143 cm³/mol. The number of hydrogen-bond donors (Lipinski definition) is 1. The van der Waals surface area contributed by atoms with Gasteiger partial charge in [0.05, 0.1) is 0 Å². The third-order valence-electron chi connectivity index (χ3n) is 5.56. The number of rotatable bonds is 9. The van der Waals surface area contributed by atoms with Crippen LogP contribution >= 0.6 is 15.9 Å². The van der Waals surface area contributed by atoms with Crippen molar-refractivity contribution in [3.8, 4) is 5.75 Å². The summed E-state index contributed by atoms with van der Waals surface area (Å²) < 4.78 is 21.4. The summed E-state index contributed by atoms with van der Waals surface area (Å²) >= 11 is 3.46. The molecule has 1 N–H and O–H groups in total. The van der Waals surface area contributed by atoms with Gasteiger partial charge in [-0.25, -0.2) is 4.39 Å². The molecule has 0 aromatic heterocycles. The molecular weight excluding hydrogens is 523 g/mol. The Balaban J connectivity index is 1.94. The lowest BCUT2D eigenvalue weighted by atomic mass is 10.0. The van der Waals surface area contributed by atoms with Gasteiger partial charge in [0.2, 0.25) is 5.91 Å². The van der Waals surface area contributed by atoms with Crippen molar-refractivity contribution in [3.63, 3.8) is 0 Å². The molecule has 0 radical (unpaired) electrons. The lowest BCUT2D eigenvalue weighted by Gasteiger charge is -2.33. The minimum atomic E-state index is -0.867. The molecule has 0 unspecified atom stereocenters. The largest absolute Gasteiger partial charge is 0.484 e. The molecule has 3 aromatic carbocycles. The third-order valence-corrected chi connectivity index (χ3v) is 6.45. The maximum absolute atomic E-state index is 14.6. The number of halogens is 2. The second-order valence-corrected chi connectivity index (χ2v) is 10.6. The van der Waals surface area contributed by atoms with Gasteiger partial charge < -0.3 is 15.0 Å². The Labute approximate surface area is 220 Å². The molecule has 0 spiro atoms. The summed E-state index contributed by atoms with van der Waals surface area (Å²) in [6.07, 6.45) is 0.278. The first-order valence-corrected chi connectivity index (χ1v) is 12.6. The van der Waals surface area contributed by atoms with Crippen molar-refractivity contribution in [2.75, 3.05) is 6.61 Å². The fourth-order valence-corrected chi connectivity index (χ4v) is 4.00. The number of benzene rings is 3. The maximum Gasteiger partial charge on any atom is 0.261 e. The molecule has 0 fully saturated rings. The average molecular weight is 555 g/mol. The zero-order valence-electron chi connectivity index (χ0n) is 21.1. The van der Waals surface area contributed by atoms with Gasteiger partial charge in [0.15, 0.2) is 6.61 Å². The van der Waals surface area contributed by atoms with Gasteiger partial charge in [0.1, 0.15) is 17.6 Å². The molecule has 0 saturated carbocycles. The van der Waals surface area contributed by atoms with Crippen LogP contribution in [0.4, 0.5) is 4.39 Å². The Morgan fingerprint density at radius 3 is 2.33 bits per heavy atom. The predicted octanol–water partition coefficient (Wildman–Crippen LogP) is 5.83. The summed E-state index contributed by atoms with van der Waals surface area (Å²) in [5, 5.41) is 2.99. The maximum atomic E-state index is 14.6. The monoisotopic (exact) mass is 554 g/mol. The molecule has 0 saturated heterocycles. The third kappa shape index (κ3) is 7.92. The first-order chi connectivity index (χ1) is 17.0. The summed E-state index contributed by atoms with van der Waals surface area (Å²) in [7, 11) is 0. The van der Waals surface area contributed by atoms with Crippen LogP contribution in [0, 0.1) is 12.7 Å². The molecule has 3 aromatic rings. The van der Waals surface area contributed by atoms with Gasteiger partial charge in [-0.3, -0.25) is 9.59 Å². The molecule has 1 atom stereocenters. The van der Waals surface area contributed by atoms with Crippen LogP contribution in [-0.4, -0.2) is 34.9 Å². The Hall–Kier alpha value is -3.19. The average Bonchev–Trinajstić information content (AvgIpc) is 2.82. The van der Waals surface area contributed by atoms with Gasteiger partial charge in [0, 0.05) is 28.5 Å². The summed E-state index contributed by atoms with van der Waals surface area (Å²) in [5.41, 5.74) is 1.67. The lowest BCUT2D eigenvalue weighted by molar-refractivity contribution is -0.143. The molecule has 5 nitrogen and oxygen atoms in total. The Kier molecular flexibility index (Phi) is 9.26. The van der Waals surface area contributed by atoms with E-state index in [0.29, 0.717) is 11.3 Å². The van der Waals surface area contributed by atoms with E-state index in [2.05, 4.69) is 21.2 Å². The number of amides is 2. The van der Waals surface area contributed by atoms with Crippen LogP contribution in [-0.2, 0) is 22.6 Å². The van der Waals surface area contributed by atoms with Gasteiger partial charge in [-0.05, 0) is 63.1 Å². The van der Waals surface area contributed by atoms with Crippen molar-refractivity contribution in [1.29, 1.82) is 0 Å². The molecule has 7 heteroatoms. The number of hydrogen-bond acceptors (Lipinski definition) is 3. The smallest absolute Gasteiger partial charge is 0.261 e. The fourth-order valence-electron chi connectivity index (χ4n) is 3.75. The van der Waals surface area contributed by atoms with Crippen molar-refractivity contribution >= 4 is 27.7 Å². The normalized spacial score (nSPS) is 12.1. The number of nitrogens with one attached hydrogen (secondary N) is 1. The minimum absolute atomic E-state index is 0.0662. The van der Waals surface area contributed by atoms with Crippen LogP contribution in [0.15, 0.2) is 77.3 Å². The van der Waals surface area contributed by atoms with E-state index in [1.165, 1.54) is 11.0 Å². The Morgan fingerprint density at radius 1 is 1.03 bits per heavy atom. The van der Waals surface area contributed by atoms with E-state index in [0.717, 1.165) is 15.6 Å². The van der Waals surface area contributed by atoms with Gasteiger partial charge in [-0.2, -0.15) is 0 Å². The van der Waals surface area contributed by atoms with Crippen LogP contribution in [0.25, 0.3) is 0 Å². The SMILES string of the molecule is Cc1cc(OCC(=O)N(Cc2ccccc2F)[C@@H](Cc2ccccc2)C(=O)NC(C)(C)C)ccc1Br. The molecule has 0 heterocycles. The highest BCUT2D eigenvalue weighted by Crippen LogP contribution is 2.22. The van der Waals surface area contributed by atoms with Gasteiger partial charge in [0.25, 0.3) is 5.91 Å². The van der Waals surface area contributed by atoms with Crippen molar-refractivity contribution in [1.82, 2.24) is 10.2 Å². The van der Waals surface area contributed by atoms with E-state index in [1.54, 1.807) is 24.3 Å². The number of nitrogens with zero attached hydrogens (tertiary/aromatic N) is 1. The zero-order chi connectivity index (χ0) is 26.3. The molecule has 190 valence electrons. The van der Waals surface area contributed by atoms with Crippen LogP contribution in [0.2, 0.25) is 0 Å². The van der Waals surface area contributed by atoms with E-state index in [1.807, 2.05) is 70.2 Å². The van der Waals surface area contributed by atoms with Crippen LogP contribution in [0.1, 0.15) is 37.5 Å². The molecule has 0 aliphatic rings. The van der Waals surface area contributed by atoms with Crippen molar-refractivity contribution in [2.24, 2.45) is 0 Å². The molecular formula is C29H32BrFN2O3. The standard InChI is InChI=1S/C29H32BrFN2O3/c1-20-16-23(14-15-24(20)30)36-19-27(34)33(18-22-12-8-9-13-25(22)31)26(28(35)32-29(2,3)4)17-21-10-6-5-7-11-21/h5-16,26H,17-19H2,1-4H3,(H,32,35)/t26-/m0/s1. The number of carbonyl (C=O) groups is 2. The number of aryl methyl sites for hydroxylation is 1. The van der Waals surface area contributed by atoms with E-state index in [4.69, 9.17) is 4.74 Å². The van der Waals surface area contributed by atoms with Crippen LogP contribution < -0.4 is 10.1 Å². The highest BCUT2D eigenvalue weighted by molar-refractivity contribution is 9.10. The van der Waals surface area contributed by atoms with E-state index >= 15 is 0 Å². The van der Waals surface area contributed by atoms with Crippen LogP contribution in [0.3, 0.4) is 0 Å². The lowest BCUT2D eigenvalue weighted by Crippen LogP contribution is -2.55. The number of carbonyl (C=O) groups excluding carboxylic acids is 2. The van der Waals surface area contributed by atoms with Crippen molar-refractivity contribution < 1.29 is 18.7 Å². The van der Waals surface area contributed by atoms with Gasteiger partial charge in [-0.1, -0.05) is 64.5 Å². The van der Waals surface area contributed by atoms with E-state index in [9.17, 15) is 14.0 Å². The van der Waals surface area contributed by atoms with Crippen molar-refractivity contribution in [2.45, 2.75) is 52.2 Å². The van der Waals surface area contributed by atoms with Crippen molar-refractivity contribution in [3.05, 3.63) is 99.8 Å². The molecule has 3 rings (SSSR count). The highest BCUT2D eigenvalue weighted by atomic mass is 79.9. The highest BCUT2D eigenvalue weighted by Gasteiger charge is 2.33. The van der Waals surface area contributed by atoms with Gasteiger partial charge in [-0.15, -0.1) is 0 Å². The second-order valence-electron chi connectivity index (χ2n) is 9.76. The molecule has 0 bridgehead atoms. The van der Waals surface area contributed by atoms with E-state index in [-0.39, 0.29) is 25.5 Å². The molecule has 36 heavy (non-hydrogen) atoms. The topological polar surface area (TPSA) is 58.6 Å². The number of ether oxygens (including phenoxy) is 1. The zero-order valence-corrected chi connectivity index (χ0v) is 22.6. The van der Waals surface area contributed by atoms with Gasteiger partial charge >= 0.3 is 0 Å². The fraction of sp³-hybridized carbons (Fsp3) is 0.310.